The third-order valence-electron chi connectivity index (χ3n) is 2.73. The highest BCUT2D eigenvalue weighted by Gasteiger charge is 2.21. The molecule has 0 bridgehead atoms. The van der Waals surface area contributed by atoms with Crippen LogP contribution in [0.1, 0.15) is 40.5 Å². The van der Waals surface area contributed by atoms with Gasteiger partial charge in [-0.1, -0.05) is 6.92 Å². The molecule has 0 aliphatic carbocycles. The summed E-state index contributed by atoms with van der Waals surface area (Å²) in [5.74, 6) is 1.11. The average molecular weight is 259 g/mol. The van der Waals surface area contributed by atoms with Crippen LogP contribution in [-0.4, -0.2) is 47.1 Å². The van der Waals surface area contributed by atoms with E-state index in [0.29, 0.717) is 6.42 Å². The molecule has 1 heterocycles. The van der Waals surface area contributed by atoms with Crippen molar-refractivity contribution in [2.75, 3.05) is 25.4 Å². The first kappa shape index (κ1) is 14.8. The highest BCUT2D eigenvalue weighted by Crippen LogP contribution is 2.21. The number of esters is 1. The first-order valence-electron chi connectivity index (χ1n) is 6.46. The van der Waals surface area contributed by atoms with Gasteiger partial charge in [0, 0.05) is 30.6 Å². The molecule has 1 rings (SSSR count). The van der Waals surface area contributed by atoms with Crippen LogP contribution in [0.3, 0.4) is 0 Å². The lowest BCUT2D eigenvalue weighted by Gasteiger charge is -2.31. The molecule has 3 nitrogen and oxygen atoms in total. The van der Waals surface area contributed by atoms with Gasteiger partial charge in [-0.3, -0.25) is 4.79 Å². The van der Waals surface area contributed by atoms with E-state index in [1.807, 2.05) is 20.8 Å². The Balaban J connectivity index is 2.23. The maximum atomic E-state index is 11.6. The van der Waals surface area contributed by atoms with Gasteiger partial charge in [0.05, 0.1) is 6.42 Å². The van der Waals surface area contributed by atoms with E-state index in [4.69, 9.17) is 4.74 Å². The van der Waals surface area contributed by atoms with Crippen LogP contribution in [-0.2, 0) is 9.53 Å². The third kappa shape index (κ3) is 6.32. The van der Waals surface area contributed by atoms with Gasteiger partial charge in [0.2, 0.25) is 0 Å². The van der Waals surface area contributed by atoms with Crippen molar-refractivity contribution in [2.24, 2.45) is 0 Å². The molecule has 1 unspecified atom stereocenters. The molecule has 17 heavy (non-hydrogen) atoms. The van der Waals surface area contributed by atoms with Crippen LogP contribution in [0.15, 0.2) is 0 Å². The highest BCUT2D eigenvalue weighted by atomic mass is 32.2. The van der Waals surface area contributed by atoms with Gasteiger partial charge in [-0.2, -0.15) is 11.8 Å². The minimum atomic E-state index is -0.360. The number of rotatable bonds is 4. The Kier molecular flexibility index (Phi) is 5.80. The lowest BCUT2D eigenvalue weighted by atomic mass is 10.2. The summed E-state index contributed by atoms with van der Waals surface area (Å²) in [6, 6.07) is 0. The van der Waals surface area contributed by atoms with E-state index in [-0.39, 0.29) is 11.6 Å². The Morgan fingerprint density at radius 1 is 1.47 bits per heavy atom. The van der Waals surface area contributed by atoms with E-state index in [1.54, 1.807) is 0 Å². The maximum Gasteiger partial charge on any atom is 0.307 e. The van der Waals surface area contributed by atoms with Gasteiger partial charge in [-0.05, 0) is 27.2 Å². The van der Waals surface area contributed by atoms with Gasteiger partial charge in [-0.25, -0.2) is 0 Å². The molecule has 0 radical (unpaired) electrons. The molecule has 0 aromatic rings. The van der Waals surface area contributed by atoms with Crippen LogP contribution in [0.25, 0.3) is 0 Å². The first-order chi connectivity index (χ1) is 7.90. The molecule has 0 spiro atoms. The molecule has 0 aromatic heterocycles. The fourth-order valence-corrected chi connectivity index (χ4v) is 3.12. The van der Waals surface area contributed by atoms with Crippen molar-refractivity contribution in [3.8, 4) is 0 Å². The van der Waals surface area contributed by atoms with Crippen LogP contribution in [0.2, 0.25) is 0 Å². The fourth-order valence-electron chi connectivity index (χ4n) is 1.87. The summed E-state index contributed by atoms with van der Waals surface area (Å²) >= 11 is 2.05. The predicted octanol–water partition coefficient (Wildman–Crippen LogP) is 2.55. The summed E-state index contributed by atoms with van der Waals surface area (Å²) in [4.78, 5) is 14.0. The zero-order chi connectivity index (χ0) is 12.9. The maximum absolute atomic E-state index is 11.6. The largest absolute Gasteiger partial charge is 0.460 e. The standard InChI is InChI=1S/C13H25NO2S/c1-5-11-10-14(8-9-17-11)7-6-12(15)16-13(2,3)4/h11H,5-10H2,1-4H3. The minimum absolute atomic E-state index is 0.0798. The second-order valence-electron chi connectivity index (χ2n) is 5.54. The average Bonchev–Trinajstić information content (AvgIpc) is 2.24. The summed E-state index contributed by atoms with van der Waals surface area (Å²) in [6.07, 6.45) is 1.73. The van der Waals surface area contributed by atoms with E-state index in [0.717, 1.165) is 24.9 Å². The van der Waals surface area contributed by atoms with Gasteiger partial charge in [-0.15, -0.1) is 0 Å². The number of carbonyl (C=O) groups excluding carboxylic acids is 1. The molecule has 0 amide bonds. The number of nitrogens with zero attached hydrogens (tertiary/aromatic N) is 1. The summed E-state index contributed by atoms with van der Waals surface area (Å²) in [5.41, 5.74) is -0.360. The number of hydrogen-bond donors (Lipinski definition) is 0. The summed E-state index contributed by atoms with van der Waals surface area (Å²) in [7, 11) is 0. The second kappa shape index (κ2) is 6.64. The fraction of sp³-hybridized carbons (Fsp3) is 0.923. The van der Waals surface area contributed by atoms with Gasteiger partial charge in [0.25, 0.3) is 0 Å². The van der Waals surface area contributed by atoms with Gasteiger partial charge < -0.3 is 9.64 Å². The monoisotopic (exact) mass is 259 g/mol. The Morgan fingerprint density at radius 3 is 2.76 bits per heavy atom. The molecule has 0 saturated carbocycles. The van der Waals surface area contributed by atoms with E-state index in [1.165, 1.54) is 12.2 Å². The van der Waals surface area contributed by atoms with E-state index >= 15 is 0 Å². The first-order valence-corrected chi connectivity index (χ1v) is 7.51. The molecule has 1 fully saturated rings. The van der Waals surface area contributed by atoms with Crippen molar-refractivity contribution in [1.29, 1.82) is 0 Å². The smallest absolute Gasteiger partial charge is 0.307 e. The van der Waals surface area contributed by atoms with Crippen molar-refractivity contribution in [1.82, 2.24) is 4.90 Å². The van der Waals surface area contributed by atoms with Gasteiger partial charge >= 0.3 is 5.97 Å². The lowest BCUT2D eigenvalue weighted by Crippen LogP contribution is -2.39. The molecular formula is C13H25NO2S. The zero-order valence-electron chi connectivity index (χ0n) is 11.5. The summed E-state index contributed by atoms with van der Waals surface area (Å²) < 4.78 is 5.31. The molecule has 1 aliphatic heterocycles. The summed E-state index contributed by atoms with van der Waals surface area (Å²) in [6.45, 7) is 11.0. The molecule has 4 heteroatoms. The molecule has 100 valence electrons. The van der Waals surface area contributed by atoms with E-state index < -0.39 is 0 Å². The number of ether oxygens (including phenoxy) is 1. The predicted molar refractivity (Wildman–Crippen MR) is 73.4 cm³/mol. The number of thioether (sulfide) groups is 1. The van der Waals surface area contributed by atoms with Crippen molar-refractivity contribution >= 4 is 17.7 Å². The molecule has 0 aromatic carbocycles. The van der Waals surface area contributed by atoms with Crippen molar-refractivity contribution < 1.29 is 9.53 Å². The van der Waals surface area contributed by atoms with Crippen LogP contribution in [0, 0.1) is 0 Å². The third-order valence-corrected chi connectivity index (χ3v) is 4.10. The van der Waals surface area contributed by atoms with Crippen molar-refractivity contribution in [2.45, 2.75) is 51.4 Å². The topological polar surface area (TPSA) is 29.5 Å². The summed E-state index contributed by atoms with van der Waals surface area (Å²) in [5, 5.41) is 0.738. The Hall–Kier alpha value is -0.220. The molecule has 0 N–H and O–H groups in total. The molecule has 1 atom stereocenters. The highest BCUT2D eigenvalue weighted by molar-refractivity contribution is 8.00. The molecular weight excluding hydrogens is 234 g/mol. The van der Waals surface area contributed by atoms with Crippen LogP contribution in [0.4, 0.5) is 0 Å². The minimum Gasteiger partial charge on any atom is -0.460 e. The number of hydrogen-bond acceptors (Lipinski definition) is 4. The lowest BCUT2D eigenvalue weighted by molar-refractivity contribution is -0.155. The zero-order valence-corrected chi connectivity index (χ0v) is 12.3. The Labute approximate surface area is 109 Å². The van der Waals surface area contributed by atoms with E-state index in [2.05, 4.69) is 23.6 Å². The second-order valence-corrected chi connectivity index (χ2v) is 6.95. The SMILES string of the molecule is CCC1CN(CCC(=O)OC(C)(C)C)CCS1. The van der Waals surface area contributed by atoms with Crippen LogP contribution in [0.5, 0.6) is 0 Å². The van der Waals surface area contributed by atoms with Gasteiger partial charge in [0.1, 0.15) is 5.60 Å². The quantitative estimate of drug-likeness (QED) is 0.726. The molecule has 1 saturated heterocycles. The van der Waals surface area contributed by atoms with Crippen molar-refractivity contribution in [3.63, 3.8) is 0 Å². The molecule has 1 aliphatic rings. The number of carbonyl (C=O) groups is 1. The van der Waals surface area contributed by atoms with Crippen LogP contribution < -0.4 is 0 Å². The van der Waals surface area contributed by atoms with Crippen molar-refractivity contribution in [3.05, 3.63) is 0 Å². The van der Waals surface area contributed by atoms with Crippen LogP contribution >= 0.6 is 11.8 Å². The van der Waals surface area contributed by atoms with Gasteiger partial charge in [0.15, 0.2) is 0 Å². The Bertz CT molecular complexity index is 250. The normalized spacial score (nSPS) is 22.5. The van der Waals surface area contributed by atoms with E-state index in [9.17, 15) is 4.79 Å². The Morgan fingerprint density at radius 2 is 2.18 bits per heavy atom.